The highest BCUT2D eigenvalue weighted by molar-refractivity contribution is 6.33. The summed E-state index contributed by atoms with van der Waals surface area (Å²) in [7, 11) is 0. The zero-order valence-electron chi connectivity index (χ0n) is 11.6. The van der Waals surface area contributed by atoms with Crippen LogP contribution in [-0.2, 0) is 0 Å². The van der Waals surface area contributed by atoms with E-state index in [-0.39, 0.29) is 5.78 Å². The summed E-state index contributed by atoms with van der Waals surface area (Å²) in [4.78, 5) is 16.4. The summed E-state index contributed by atoms with van der Waals surface area (Å²) in [5.41, 5.74) is 4.53. The highest BCUT2D eigenvalue weighted by atomic mass is 35.5. The maximum absolute atomic E-state index is 12.1. The van der Waals surface area contributed by atoms with E-state index in [0.717, 1.165) is 22.8 Å². The molecule has 0 spiro atoms. The fourth-order valence-corrected chi connectivity index (χ4v) is 2.43. The molecule has 0 aliphatic rings. The van der Waals surface area contributed by atoms with Crippen molar-refractivity contribution in [2.45, 2.75) is 33.1 Å². The molecule has 3 nitrogen and oxygen atoms in total. The van der Waals surface area contributed by atoms with E-state index in [0.29, 0.717) is 5.56 Å². The number of pyridine rings is 1. The number of aryl methyl sites for hydroxylation is 2. The van der Waals surface area contributed by atoms with Crippen LogP contribution >= 0.6 is 11.6 Å². The van der Waals surface area contributed by atoms with Crippen molar-refractivity contribution in [1.82, 2.24) is 9.55 Å². The molecule has 2 aromatic heterocycles. The van der Waals surface area contributed by atoms with E-state index in [1.165, 1.54) is 0 Å². The van der Waals surface area contributed by atoms with Crippen molar-refractivity contribution < 1.29 is 4.79 Å². The molecule has 1 unspecified atom stereocenters. The number of ketones is 1. The van der Waals surface area contributed by atoms with Gasteiger partial charge in [-0.1, -0.05) is 0 Å². The Morgan fingerprint density at radius 2 is 2.05 bits per heavy atom. The summed E-state index contributed by atoms with van der Waals surface area (Å²) < 4.78 is 2.05. The van der Waals surface area contributed by atoms with Gasteiger partial charge in [-0.3, -0.25) is 9.78 Å². The summed E-state index contributed by atoms with van der Waals surface area (Å²) >= 11 is 5.90. The molecule has 2 heterocycles. The van der Waals surface area contributed by atoms with E-state index in [1.54, 1.807) is 13.1 Å². The van der Waals surface area contributed by atoms with Crippen LogP contribution in [0.5, 0.6) is 0 Å². The SMILES string of the molecule is Cc1ncccc1-n1c(C)cc(C(=O)C(C)Cl)c1C. The van der Waals surface area contributed by atoms with Crippen molar-refractivity contribution in [1.29, 1.82) is 0 Å². The van der Waals surface area contributed by atoms with E-state index >= 15 is 0 Å². The Labute approximate surface area is 118 Å². The number of rotatable bonds is 3. The minimum Gasteiger partial charge on any atom is -0.316 e. The minimum atomic E-state index is -0.510. The van der Waals surface area contributed by atoms with Crippen LogP contribution in [0.25, 0.3) is 5.69 Å². The van der Waals surface area contributed by atoms with Gasteiger partial charge in [-0.2, -0.15) is 0 Å². The van der Waals surface area contributed by atoms with Crippen LogP contribution in [0, 0.1) is 20.8 Å². The molecule has 0 N–H and O–H groups in total. The summed E-state index contributed by atoms with van der Waals surface area (Å²) in [5, 5.41) is -0.510. The number of aromatic nitrogens is 2. The number of alkyl halides is 1. The lowest BCUT2D eigenvalue weighted by Gasteiger charge is -2.12. The van der Waals surface area contributed by atoms with E-state index in [2.05, 4.69) is 9.55 Å². The second-order valence-corrected chi connectivity index (χ2v) is 5.36. The monoisotopic (exact) mass is 276 g/mol. The molecule has 0 aromatic carbocycles. The van der Waals surface area contributed by atoms with Gasteiger partial charge in [0.15, 0.2) is 5.78 Å². The lowest BCUT2D eigenvalue weighted by atomic mass is 10.1. The van der Waals surface area contributed by atoms with Gasteiger partial charge in [-0.15, -0.1) is 11.6 Å². The fraction of sp³-hybridized carbons (Fsp3) is 0.333. The number of carbonyl (C=O) groups is 1. The first-order valence-corrected chi connectivity index (χ1v) is 6.66. The molecule has 0 fully saturated rings. The van der Waals surface area contributed by atoms with Crippen LogP contribution in [0.4, 0.5) is 0 Å². The van der Waals surface area contributed by atoms with Gasteiger partial charge in [-0.25, -0.2) is 0 Å². The number of hydrogen-bond donors (Lipinski definition) is 0. The van der Waals surface area contributed by atoms with Crippen molar-refractivity contribution in [2.75, 3.05) is 0 Å². The molecule has 0 saturated carbocycles. The largest absolute Gasteiger partial charge is 0.316 e. The van der Waals surface area contributed by atoms with Gasteiger partial charge in [-0.05, 0) is 45.9 Å². The molecule has 19 heavy (non-hydrogen) atoms. The molecule has 100 valence electrons. The second kappa shape index (κ2) is 5.17. The average molecular weight is 277 g/mol. The Hall–Kier alpha value is -1.61. The smallest absolute Gasteiger partial charge is 0.182 e. The zero-order valence-corrected chi connectivity index (χ0v) is 12.3. The standard InChI is InChI=1S/C15H17ClN2O/c1-9-8-13(15(19)10(2)16)12(4)18(9)14-6-5-7-17-11(14)3/h5-8,10H,1-4H3. The summed E-state index contributed by atoms with van der Waals surface area (Å²) in [6.07, 6.45) is 1.76. The van der Waals surface area contributed by atoms with Crippen LogP contribution < -0.4 is 0 Å². The van der Waals surface area contributed by atoms with Crippen molar-refractivity contribution in [3.8, 4) is 5.69 Å². The predicted octanol–water partition coefficient (Wildman–Crippen LogP) is 3.61. The number of Topliss-reactive ketones (excluding diaryl/α,β-unsaturated/α-hetero) is 1. The van der Waals surface area contributed by atoms with E-state index in [1.807, 2.05) is 39.0 Å². The highest BCUT2D eigenvalue weighted by Gasteiger charge is 2.20. The van der Waals surface area contributed by atoms with Crippen LogP contribution in [-0.4, -0.2) is 20.7 Å². The quantitative estimate of drug-likeness (QED) is 0.634. The molecular formula is C15H17ClN2O. The van der Waals surface area contributed by atoms with Crippen molar-refractivity contribution >= 4 is 17.4 Å². The third-order valence-corrected chi connectivity index (χ3v) is 3.48. The lowest BCUT2D eigenvalue weighted by Crippen LogP contribution is -2.12. The van der Waals surface area contributed by atoms with Gasteiger partial charge in [0.25, 0.3) is 0 Å². The summed E-state index contributed by atoms with van der Waals surface area (Å²) in [6, 6.07) is 5.79. The van der Waals surface area contributed by atoms with Gasteiger partial charge in [0.05, 0.1) is 16.8 Å². The number of halogens is 1. The molecule has 0 aliphatic heterocycles. The Bertz CT molecular complexity index is 629. The maximum atomic E-state index is 12.1. The first kappa shape index (κ1) is 13.8. The van der Waals surface area contributed by atoms with E-state index in [4.69, 9.17) is 11.6 Å². The molecule has 2 rings (SSSR count). The fourth-order valence-electron chi connectivity index (χ4n) is 2.31. The summed E-state index contributed by atoms with van der Waals surface area (Å²) in [5.74, 6) is -0.0393. The molecular weight excluding hydrogens is 260 g/mol. The van der Waals surface area contributed by atoms with Crippen LogP contribution in [0.15, 0.2) is 24.4 Å². The maximum Gasteiger partial charge on any atom is 0.182 e. The predicted molar refractivity (Wildman–Crippen MR) is 77.4 cm³/mol. The molecule has 1 atom stereocenters. The summed E-state index contributed by atoms with van der Waals surface area (Å²) in [6.45, 7) is 7.58. The topological polar surface area (TPSA) is 34.9 Å². The third-order valence-electron chi connectivity index (χ3n) is 3.28. The number of nitrogens with zero attached hydrogens (tertiary/aromatic N) is 2. The first-order chi connectivity index (χ1) is 8.93. The molecule has 4 heteroatoms. The first-order valence-electron chi connectivity index (χ1n) is 6.22. The van der Waals surface area contributed by atoms with Gasteiger partial charge in [0.2, 0.25) is 0 Å². The molecule has 0 bridgehead atoms. The normalized spacial score (nSPS) is 12.5. The minimum absolute atomic E-state index is 0.0393. The van der Waals surface area contributed by atoms with Crippen LogP contribution in [0.3, 0.4) is 0 Å². The zero-order chi connectivity index (χ0) is 14.2. The van der Waals surface area contributed by atoms with Crippen molar-refractivity contribution in [3.63, 3.8) is 0 Å². The number of hydrogen-bond acceptors (Lipinski definition) is 2. The van der Waals surface area contributed by atoms with Gasteiger partial charge in [0.1, 0.15) is 0 Å². The van der Waals surface area contributed by atoms with Crippen molar-refractivity contribution in [3.05, 3.63) is 47.0 Å². The van der Waals surface area contributed by atoms with E-state index in [9.17, 15) is 4.79 Å². The molecule has 0 saturated heterocycles. The lowest BCUT2D eigenvalue weighted by molar-refractivity contribution is 0.0991. The molecule has 0 aliphatic carbocycles. The third kappa shape index (κ3) is 2.43. The molecule has 2 aromatic rings. The Kier molecular flexibility index (Phi) is 3.76. The van der Waals surface area contributed by atoms with Gasteiger partial charge in [0, 0.05) is 23.1 Å². The van der Waals surface area contributed by atoms with Crippen LogP contribution in [0.1, 0.15) is 34.4 Å². The van der Waals surface area contributed by atoms with Crippen molar-refractivity contribution in [2.24, 2.45) is 0 Å². The van der Waals surface area contributed by atoms with Crippen LogP contribution in [0.2, 0.25) is 0 Å². The van der Waals surface area contributed by atoms with Gasteiger partial charge < -0.3 is 4.57 Å². The Morgan fingerprint density at radius 1 is 1.37 bits per heavy atom. The Balaban J connectivity index is 2.61. The average Bonchev–Trinajstić information content (AvgIpc) is 2.65. The number of carbonyl (C=O) groups excluding carboxylic acids is 1. The molecule has 0 radical (unpaired) electrons. The highest BCUT2D eigenvalue weighted by Crippen LogP contribution is 2.23. The van der Waals surface area contributed by atoms with E-state index < -0.39 is 5.38 Å². The molecule has 0 amide bonds. The Morgan fingerprint density at radius 3 is 2.63 bits per heavy atom. The van der Waals surface area contributed by atoms with Gasteiger partial charge >= 0.3 is 0 Å². The second-order valence-electron chi connectivity index (χ2n) is 4.71.